The van der Waals surface area contributed by atoms with E-state index < -0.39 is 89.4 Å². The third-order valence-corrected chi connectivity index (χ3v) is 8.79. The number of rotatable bonds is 7. The fraction of sp³-hybridized carbons (Fsp3) is 0.609. The Labute approximate surface area is 222 Å². The SMILES string of the molecule is O=C([C@@H](S[C@@H]1O[C@H](CO)[C@H](O)[C@H](n2cc(-c3cc(F)c(F)c(F)c3)nn2)[C@H]1O)C1(O)CC(F)(F)C1)N1CCC1. The third kappa shape index (κ3) is 5.13. The van der Waals surface area contributed by atoms with E-state index in [4.69, 9.17) is 4.74 Å². The van der Waals surface area contributed by atoms with E-state index in [1.54, 1.807) is 0 Å². The highest BCUT2D eigenvalue weighted by atomic mass is 32.2. The molecule has 0 radical (unpaired) electrons. The number of aliphatic hydroxyl groups is 4. The van der Waals surface area contributed by atoms with Gasteiger partial charge in [0, 0.05) is 31.5 Å². The molecule has 3 aliphatic rings. The lowest BCUT2D eigenvalue weighted by Gasteiger charge is -2.50. The molecule has 6 atom stereocenters. The molecule has 1 aromatic heterocycles. The van der Waals surface area contributed by atoms with Crippen LogP contribution in [0.3, 0.4) is 0 Å². The second-order valence-corrected chi connectivity index (χ2v) is 11.3. The molecule has 2 saturated heterocycles. The van der Waals surface area contributed by atoms with Gasteiger partial charge in [-0.1, -0.05) is 5.21 Å². The highest BCUT2D eigenvalue weighted by Gasteiger charge is 2.63. The van der Waals surface area contributed by atoms with Gasteiger partial charge in [0.25, 0.3) is 5.92 Å². The number of carbonyl (C=O) groups excluding carboxylic acids is 1. The zero-order valence-electron chi connectivity index (χ0n) is 20.1. The molecule has 5 rings (SSSR count). The monoisotopic (exact) mass is 580 g/mol. The van der Waals surface area contributed by atoms with Crippen LogP contribution >= 0.6 is 11.8 Å². The lowest BCUT2D eigenvalue weighted by Crippen LogP contribution is -2.64. The fourth-order valence-corrected chi connectivity index (χ4v) is 6.51. The van der Waals surface area contributed by atoms with Gasteiger partial charge in [-0.25, -0.2) is 26.6 Å². The van der Waals surface area contributed by atoms with Crippen LogP contribution in [0.4, 0.5) is 22.0 Å². The van der Waals surface area contributed by atoms with Crippen molar-refractivity contribution in [1.29, 1.82) is 0 Å². The molecule has 0 unspecified atom stereocenters. The number of thioether (sulfide) groups is 1. The highest BCUT2D eigenvalue weighted by molar-refractivity contribution is 8.01. The summed E-state index contributed by atoms with van der Waals surface area (Å²) >= 11 is 0.600. The van der Waals surface area contributed by atoms with Crippen LogP contribution in [0, 0.1) is 17.5 Å². The van der Waals surface area contributed by atoms with Crippen molar-refractivity contribution >= 4 is 17.7 Å². The molecule has 16 heteroatoms. The minimum atomic E-state index is -3.17. The van der Waals surface area contributed by atoms with Crippen molar-refractivity contribution in [3.63, 3.8) is 0 Å². The zero-order chi connectivity index (χ0) is 28.3. The lowest BCUT2D eigenvalue weighted by molar-refractivity contribution is -0.207. The first-order valence-electron chi connectivity index (χ1n) is 12.1. The summed E-state index contributed by atoms with van der Waals surface area (Å²) in [6.07, 6.45) is -4.72. The summed E-state index contributed by atoms with van der Waals surface area (Å²) in [6.45, 7) is 0.0111. The highest BCUT2D eigenvalue weighted by Crippen LogP contribution is 2.52. The van der Waals surface area contributed by atoms with Crippen LogP contribution in [0.25, 0.3) is 11.3 Å². The topological polar surface area (TPSA) is 141 Å². The first-order chi connectivity index (χ1) is 18.3. The smallest absolute Gasteiger partial charge is 0.253 e. The van der Waals surface area contributed by atoms with E-state index in [9.17, 15) is 47.2 Å². The van der Waals surface area contributed by atoms with Gasteiger partial charge in [-0.05, 0) is 18.6 Å². The van der Waals surface area contributed by atoms with E-state index in [0.717, 1.165) is 10.9 Å². The van der Waals surface area contributed by atoms with E-state index in [1.165, 1.54) is 4.90 Å². The lowest BCUT2D eigenvalue weighted by atomic mass is 9.73. The van der Waals surface area contributed by atoms with Crippen LogP contribution in [0.5, 0.6) is 0 Å². The molecule has 1 saturated carbocycles. The summed E-state index contributed by atoms with van der Waals surface area (Å²) < 4.78 is 74.9. The van der Waals surface area contributed by atoms with Crippen LogP contribution in [-0.4, -0.2) is 106 Å². The van der Waals surface area contributed by atoms with Crippen molar-refractivity contribution in [2.75, 3.05) is 19.7 Å². The van der Waals surface area contributed by atoms with Crippen LogP contribution in [0.15, 0.2) is 18.3 Å². The molecule has 1 aliphatic carbocycles. The number of carbonyl (C=O) groups is 1. The molecule has 214 valence electrons. The van der Waals surface area contributed by atoms with Gasteiger partial charge in [-0.15, -0.1) is 16.9 Å². The average Bonchev–Trinajstić information content (AvgIpc) is 3.29. The van der Waals surface area contributed by atoms with Gasteiger partial charge in [0.1, 0.15) is 40.7 Å². The van der Waals surface area contributed by atoms with Gasteiger partial charge in [-0.2, -0.15) is 0 Å². The molecular weight excluding hydrogens is 555 g/mol. The van der Waals surface area contributed by atoms with E-state index in [-0.39, 0.29) is 11.3 Å². The normalized spacial score (nSPS) is 30.4. The average molecular weight is 581 g/mol. The third-order valence-electron chi connectivity index (χ3n) is 7.22. The molecule has 2 aromatic rings. The summed E-state index contributed by atoms with van der Waals surface area (Å²) in [7, 11) is 0. The number of nitrogens with zero attached hydrogens (tertiary/aromatic N) is 4. The van der Waals surface area contributed by atoms with Gasteiger partial charge < -0.3 is 30.1 Å². The van der Waals surface area contributed by atoms with Crippen LogP contribution < -0.4 is 0 Å². The first kappa shape index (κ1) is 28.2. The standard InChI is InChI=1S/C23H25F5N4O6S/c24-11-4-10(5-12(25)15(11)26)13-6-32(30-29-13)16-17(34)14(7-33)38-21(18(16)35)39-19(20(36)31-2-1-3-31)22(37)8-23(27,28)9-22/h4-6,14,16-19,21,33-35,37H,1-3,7-9H2/t14-,16+,17+,18-,19-,21+/m1/s1. The molecule has 2 aliphatic heterocycles. The maximum Gasteiger partial charge on any atom is 0.253 e. The van der Waals surface area contributed by atoms with E-state index in [0.29, 0.717) is 43.4 Å². The summed E-state index contributed by atoms with van der Waals surface area (Å²) in [5, 5.41) is 48.8. The molecule has 3 heterocycles. The van der Waals surface area contributed by atoms with Gasteiger partial charge in [-0.3, -0.25) is 4.79 Å². The minimum Gasteiger partial charge on any atom is -0.394 e. The van der Waals surface area contributed by atoms with Crippen molar-refractivity contribution in [3.8, 4) is 11.3 Å². The number of hydrogen-bond donors (Lipinski definition) is 4. The second-order valence-electron chi connectivity index (χ2n) is 10.0. The van der Waals surface area contributed by atoms with Crippen LogP contribution in [0.1, 0.15) is 25.3 Å². The van der Waals surface area contributed by atoms with Crippen LogP contribution in [0.2, 0.25) is 0 Å². The number of aliphatic hydroxyl groups excluding tert-OH is 3. The predicted molar refractivity (Wildman–Crippen MR) is 124 cm³/mol. The molecule has 1 amide bonds. The van der Waals surface area contributed by atoms with Crippen LogP contribution in [-0.2, 0) is 9.53 Å². The maximum absolute atomic E-state index is 13.7. The fourth-order valence-electron chi connectivity index (χ4n) is 5.03. The van der Waals surface area contributed by atoms with Crippen molar-refractivity contribution in [2.24, 2.45) is 0 Å². The van der Waals surface area contributed by atoms with Gasteiger partial charge in [0.2, 0.25) is 5.91 Å². The molecule has 4 N–H and O–H groups in total. The number of likely N-dealkylation sites (tertiary alicyclic amines) is 1. The largest absolute Gasteiger partial charge is 0.394 e. The second kappa shape index (κ2) is 10.2. The molecule has 39 heavy (non-hydrogen) atoms. The van der Waals surface area contributed by atoms with Crippen molar-refractivity contribution in [3.05, 3.63) is 35.8 Å². The Morgan fingerprint density at radius 2 is 1.79 bits per heavy atom. The number of aromatic nitrogens is 3. The summed E-state index contributed by atoms with van der Waals surface area (Å²) in [6, 6.07) is -0.0262. The van der Waals surface area contributed by atoms with Crippen molar-refractivity contribution in [1.82, 2.24) is 19.9 Å². The van der Waals surface area contributed by atoms with Gasteiger partial charge >= 0.3 is 0 Å². The van der Waals surface area contributed by atoms with Gasteiger partial charge in [0.15, 0.2) is 17.5 Å². The minimum absolute atomic E-state index is 0.139. The molecule has 0 spiro atoms. The Morgan fingerprint density at radius 3 is 2.33 bits per heavy atom. The van der Waals surface area contributed by atoms with E-state index in [1.807, 2.05) is 0 Å². The Kier molecular flexibility index (Phi) is 7.39. The quantitative estimate of drug-likeness (QED) is 0.277. The Hall–Kier alpha value is -2.37. The summed E-state index contributed by atoms with van der Waals surface area (Å²) in [5.74, 6) is -8.40. The molecule has 3 fully saturated rings. The number of benzene rings is 1. The van der Waals surface area contributed by atoms with Crippen molar-refractivity contribution < 1.29 is 51.9 Å². The molecule has 0 bridgehead atoms. The van der Waals surface area contributed by atoms with E-state index in [2.05, 4.69) is 10.3 Å². The predicted octanol–water partition coefficient (Wildman–Crippen LogP) is 0.837. The first-order valence-corrected chi connectivity index (χ1v) is 13.0. The number of alkyl halides is 2. The van der Waals surface area contributed by atoms with E-state index >= 15 is 0 Å². The number of halogens is 5. The van der Waals surface area contributed by atoms with Crippen molar-refractivity contribution in [2.45, 2.75) is 65.8 Å². The Morgan fingerprint density at radius 1 is 1.15 bits per heavy atom. The summed E-state index contributed by atoms with van der Waals surface area (Å²) in [5.41, 5.74) is -3.81. The number of hydrogen-bond acceptors (Lipinski definition) is 9. The zero-order valence-corrected chi connectivity index (χ0v) is 20.9. The van der Waals surface area contributed by atoms with Gasteiger partial charge in [0.05, 0.1) is 18.4 Å². The Bertz CT molecular complexity index is 1220. The summed E-state index contributed by atoms with van der Waals surface area (Å²) in [4.78, 5) is 14.5. The Balaban J connectivity index is 1.42. The molecule has 1 aromatic carbocycles. The molecular formula is C23H25F5N4O6S. The molecule has 10 nitrogen and oxygen atoms in total. The number of ether oxygens (including phenoxy) is 1. The number of amides is 1. The maximum atomic E-state index is 13.7.